The number of phenols is 1. The van der Waals surface area contributed by atoms with Crippen molar-refractivity contribution < 1.29 is 31.7 Å². The Balaban J connectivity index is 0.000000273. The van der Waals surface area contributed by atoms with Gasteiger partial charge in [-0.3, -0.25) is 4.79 Å². The summed E-state index contributed by atoms with van der Waals surface area (Å²) in [6, 6.07) is 3.71. The Labute approximate surface area is 155 Å². The van der Waals surface area contributed by atoms with Gasteiger partial charge in [0.05, 0.1) is 0 Å². The smallest absolute Gasteiger partial charge is 0.303 e. The number of hydrogen-bond acceptors (Lipinski definition) is 4. The van der Waals surface area contributed by atoms with Crippen molar-refractivity contribution in [1.82, 2.24) is 0 Å². The zero-order chi connectivity index (χ0) is 19.9. The molecule has 1 aliphatic rings. The molecule has 1 saturated carbocycles. The first kappa shape index (κ1) is 22.3. The van der Waals surface area contributed by atoms with Crippen molar-refractivity contribution in [1.29, 1.82) is 0 Å². The molecule has 8 nitrogen and oxygen atoms in total. The zero-order valence-corrected chi connectivity index (χ0v) is 16.8. The van der Waals surface area contributed by atoms with Crippen molar-refractivity contribution in [2.75, 3.05) is 5.32 Å². The maximum Gasteiger partial charge on any atom is 0.303 e. The average molecular weight is 431 g/mol. The van der Waals surface area contributed by atoms with Crippen molar-refractivity contribution in [3.05, 3.63) is 18.2 Å². The number of amides is 1. The second kappa shape index (κ2) is 9.80. The molecule has 0 saturated heterocycles. The first-order chi connectivity index (χ1) is 12.0. The van der Waals surface area contributed by atoms with Crippen molar-refractivity contribution in [2.45, 2.75) is 46.0 Å². The number of rotatable bonds is 4. The number of phenolic OH excluding ortho intramolecular Hbond substituents is 1. The number of anilines is 1. The molecule has 2 rings (SSSR count). The minimum Gasteiger partial charge on any atom is -0.481 e. The van der Waals surface area contributed by atoms with E-state index in [0.717, 1.165) is 6.42 Å². The Morgan fingerprint density at radius 3 is 2.35 bits per heavy atom. The fourth-order valence-electron chi connectivity index (χ4n) is 3.00. The number of carbonyl (C=O) groups excluding carboxylic acids is 1. The van der Waals surface area contributed by atoms with Crippen LogP contribution in [0.4, 0.5) is 5.69 Å². The molecule has 0 aromatic heterocycles. The van der Waals surface area contributed by atoms with Crippen LogP contribution in [0.25, 0.3) is 0 Å². The Bertz CT molecular complexity index is 686. The van der Waals surface area contributed by atoms with Gasteiger partial charge in [0.2, 0.25) is 0 Å². The van der Waals surface area contributed by atoms with Crippen LogP contribution in [0.15, 0.2) is 18.2 Å². The van der Waals surface area contributed by atoms with Crippen LogP contribution in [0.2, 0.25) is 0 Å². The minimum absolute atomic E-state index is 0.225. The van der Waals surface area contributed by atoms with Gasteiger partial charge in [-0.2, -0.15) is 0 Å². The Morgan fingerprint density at radius 2 is 1.85 bits per heavy atom. The molecule has 26 heavy (non-hydrogen) atoms. The number of carboxylic acids is 1. The molecule has 1 aromatic carbocycles. The number of carboxylic acid groups (broad SMARTS) is 1. The van der Waals surface area contributed by atoms with Gasteiger partial charge in [-0.25, -0.2) is 0 Å². The van der Waals surface area contributed by atoms with Gasteiger partial charge in [-0.15, -0.1) is 0 Å². The van der Waals surface area contributed by atoms with Crippen LogP contribution >= 0.6 is 0 Å². The zero-order valence-electron chi connectivity index (χ0n) is 14.9. The van der Waals surface area contributed by atoms with Crippen LogP contribution in [-0.4, -0.2) is 44.5 Å². The third-order valence-corrected chi connectivity index (χ3v) is 6.46. The van der Waals surface area contributed by atoms with E-state index in [1.165, 1.54) is 44.4 Å². The minimum atomic E-state index is -5.14. The SMILES string of the molecule is CC(=O)Nc1c(O)cccc1[As](=O)(O)O.CC1CCCCC1CC(=O)O. The van der Waals surface area contributed by atoms with E-state index < -0.39 is 26.0 Å². The maximum absolute atomic E-state index is 11.1. The molecule has 1 aromatic rings. The van der Waals surface area contributed by atoms with E-state index in [4.69, 9.17) is 13.3 Å². The summed E-state index contributed by atoms with van der Waals surface area (Å²) in [6.07, 6.45) is 5.23. The van der Waals surface area contributed by atoms with E-state index in [-0.39, 0.29) is 15.8 Å². The summed E-state index contributed by atoms with van der Waals surface area (Å²) >= 11 is -5.14. The van der Waals surface area contributed by atoms with E-state index in [2.05, 4.69) is 12.2 Å². The monoisotopic (exact) mass is 431 g/mol. The molecule has 0 aliphatic heterocycles. The molecule has 5 N–H and O–H groups in total. The Morgan fingerprint density at radius 1 is 1.23 bits per heavy atom. The third kappa shape index (κ3) is 7.23. The molecule has 0 bridgehead atoms. The van der Waals surface area contributed by atoms with Gasteiger partial charge in [0.15, 0.2) is 0 Å². The van der Waals surface area contributed by atoms with Gasteiger partial charge in [0.1, 0.15) is 0 Å². The van der Waals surface area contributed by atoms with Gasteiger partial charge in [-0.1, -0.05) is 26.2 Å². The van der Waals surface area contributed by atoms with Crippen molar-refractivity contribution >= 4 is 36.1 Å². The summed E-state index contributed by atoms with van der Waals surface area (Å²) in [5.41, 5.74) is -0.225. The molecule has 9 heteroatoms. The van der Waals surface area contributed by atoms with E-state index in [1.807, 2.05) is 0 Å². The van der Waals surface area contributed by atoms with Crippen molar-refractivity contribution in [3.8, 4) is 5.75 Å². The normalized spacial score (nSPS) is 19.8. The molecular weight excluding hydrogens is 405 g/mol. The van der Waals surface area contributed by atoms with Crippen LogP contribution < -0.4 is 9.67 Å². The summed E-state index contributed by atoms with van der Waals surface area (Å²) in [5, 5.41) is 20.1. The predicted octanol–water partition coefficient (Wildman–Crippen LogP) is 1.20. The topological polar surface area (TPSA) is 144 Å². The summed E-state index contributed by atoms with van der Waals surface area (Å²) in [5.74, 6) is -0.445. The molecule has 0 radical (unpaired) electrons. The van der Waals surface area contributed by atoms with Gasteiger partial charge in [0, 0.05) is 6.42 Å². The van der Waals surface area contributed by atoms with Crippen molar-refractivity contribution in [3.63, 3.8) is 0 Å². The average Bonchev–Trinajstić information content (AvgIpc) is 2.50. The van der Waals surface area contributed by atoms with Crippen LogP contribution in [-0.2, 0) is 13.3 Å². The number of nitrogens with one attached hydrogen (secondary N) is 1. The summed E-state index contributed by atoms with van der Waals surface area (Å²) in [6.45, 7) is 3.36. The largest absolute Gasteiger partial charge is 0.481 e. The summed E-state index contributed by atoms with van der Waals surface area (Å²) in [7, 11) is 0. The number of para-hydroxylation sites is 1. The maximum atomic E-state index is 11.1. The van der Waals surface area contributed by atoms with Gasteiger partial charge < -0.3 is 5.11 Å². The quantitative estimate of drug-likeness (QED) is 0.356. The second-order valence-electron chi connectivity index (χ2n) is 6.52. The number of hydrogen-bond donors (Lipinski definition) is 5. The van der Waals surface area contributed by atoms with E-state index >= 15 is 0 Å². The molecule has 1 aliphatic carbocycles. The molecule has 1 fully saturated rings. The molecule has 0 heterocycles. The van der Waals surface area contributed by atoms with Crippen molar-refractivity contribution in [2.24, 2.45) is 11.8 Å². The first-order valence-electron chi connectivity index (χ1n) is 8.39. The number of aliphatic carboxylic acids is 1. The van der Waals surface area contributed by atoms with E-state index in [9.17, 15) is 18.4 Å². The first-order valence-corrected chi connectivity index (χ1v) is 11.8. The standard InChI is InChI=1S/C9H16O2.C8H10AsNO5/c1-7-4-2-3-5-8(7)6-9(10)11;1-5(11)10-8-6(9(13,14)15)3-2-4-7(8)12/h7-8H,2-6H2,1H3,(H,10,11);2-4,12H,1H3,(H,10,11)(H2,13,14,15). The summed E-state index contributed by atoms with van der Waals surface area (Å²) < 4.78 is 28.8. The van der Waals surface area contributed by atoms with Crippen LogP contribution in [0.3, 0.4) is 0 Å². The van der Waals surface area contributed by atoms with Crippen LogP contribution in [0.5, 0.6) is 5.75 Å². The molecular formula is C17H26AsNO7. The number of benzene rings is 1. The number of carbonyl (C=O) groups is 2. The van der Waals surface area contributed by atoms with Crippen LogP contribution in [0.1, 0.15) is 46.0 Å². The fraction of sp³-hybridized carbons (Fsp3) is 0.529. The third-order valence-electron chi connectivity index (χ3n) is 4.36. The van der Waals surface area contributed by atoms with Gasteiger partial charge in [-0.05, 0) is 18.3 Å². The second-order valence-corrected chi connectivity index (χ2v) is 9.81. The predicted molar refractivity (Wildman–Crippen MR) is 96.3 cm³/mol. The Hall–Kier alpha value is -1.76. The van der Waals surface area contributed by atoms with Gasteiger partial charge >= 0.3 is 94.1 Å². The molecule has 146 valence electrons. The van der Waals surface area contributed by atoms with Crippen LogP contribution in [0, 0.1) is 11.8 Å². The van der Waals surface area contributed by atoms with Gasteiger partial charge in [0.25, 0.3) is 0 Å². The molecule has 0 spiro atoms. The molecule has 2 unspecified atom stereocenters. The van der Waals surface area contributed by atoms with E-state index in [1.54, 1.807) is 0 Å². The number of aromatic hydroxyl groups is 1. The fourth-order valence-corrected chi connectivity index (χ4v) is 4.55. The summed E-state index contributed by atoms with van der Waals surface area (Å²) in [4.78, 5) is 21.2. The van der Waals surface area contributed by atoms with E-state index in [0.29, 0.717) is 18.3 Å². The molecule has 2 atom stereocenters. The molecule has 1 amide bonds. The Kier molecular flexibility index (Phi) is 8.40.